The van der Waals surface area contributed by atoms with Crippen LogP contribution in [0.25, 0.3) is 0 Å². The summed E-state index contributed by atoms with van der Waals surface area (Å²) in [6, 6.07) is 4.92. The van der Waals surface area contributed by atoms with Crippen LogP contribution in [0.5, 0.6) is 0 Å². The predicted molar refractivity (Wildman–Crippen MR) is 106 cm³/mol. The predicted octanol–water partition coefficient (Wildman–Crippen LogP) is 0.419. The monoisotopic (exact) mass is 453 g/mol. The molecule has 1 N–H and O–H groups in total. The van der Waals surface area contributed by atoms with Crippen LogP contribution in [0.15, 0.2) is 34.1 Å². The molecule has 9 nitrogen and oxygen atoms in total. The Balaban J connectivity index is 2.15. The maximum Gasteiger partial charge on any atom is 0.243 e. The fraction of sp³-hybridized carbons (Fsp3) is 0.625. The van der Waals surface area contributed by atoms with Gasteiger partial charge in [-0.15, -0.1) is 0 Å². The van der Waals surface area contributed by atoms with Crippen LogP contribution in [-0.2, 0) is 30.1 Å². The quantitative estimate of drug-likeness (QED) is 0.609. The molecule has 28 heavy (non-hydrogen) atoms. The zero-order chi connectivity index (χ0) is 21.2. The molecule has 1 fully saturated rings. The molecule has 12 heteroatoms. The van der Waals surface area contributed by atoms with Crippen molar-refractivity contribution in [1.29, 1.82) is 0 Å². The molecule has 0 bridgehead atoms. The zero-order valence-electron chi connectivity index (χ0n) is 16.2. The SMILES string of the molecule is CCN(CC)S(=O)(=O)c1ccc(S(=O)(=O)N2CCC(NS(C)(=O)=O)CC2)cc1. The molecule has 1 aromatic rings. The van der Waals surface area contributed by atoms with Crippen LogP contribution in [0.4, 0.5) is 0 Å². The summed E-state index contributed by atoms with van der Waals surface area (Å²) in [7, 11) is -10.8. The van der Waals surface area contributed by atoms with E-state index in [0.717, 1.165) is 6.26 Å². The molecule has 1 aliphatic heterocycles. The van der Waals surface area contributed by atoms with Gasteiger partial charge in [-0.05, 0) is 37.1 Å². The Morgan fingerprint density at radius 2 is 1.39 bits per heavy atom. The van der Waals surface area contributed by atoms with Gasteiger partial charge in [0.05, 0.1) is 16.0 Å². The lowest BCUT2D eigenvalue weighted by Crippen LogP contribution is -2.46. The number of rotatable bonds is 8. The highest BCUT2D eigenvalue weighted by atomic mass is 32.2. The number of nitrogens with one attached hydrogen (secondary N) is 1. The molecular formula is C16H27N3O6S3. The number of sulfonamides is 3. The number of hydrogen-bond acceptors (Lipinski definition) is 6. The highest BCUT2D eigenvalue weighted by Crippen LogP contribution is 2.23. The Bertz CT molecular complexity index is 977. The maximum absolute atomic E-state index is 12.8. The normalized spacial score (nSPS) is 17.9. The molecule has 2 rings (SSSR count). The number of benzene rings is 1. The number of nitrogens with zero attached hydrogens (tertiary/aromatic N) is 2. The van der Waals surface area contributed by atoms with Gasteiger partial charge < -0.3 is 0 Å². The second-order valence-corrected chi connectivity index (χ2v) is 12.3. The highest BCUT2D eigenvalue weighted by Gasteiger charge is 2.31. The summed E-state index contributed by atoms with van der Waals surface area (Å²) in [5, 5.41) is 0. The minimum absolute atomic E-state index is 0.0144. The number of hydrogen-bond donors (Lipinski definition) is 1. The molecule has 0 atom stereocenters. The number of piperidine rings is 1. The fourth-order valence-electron chi connectivity index (χ4n) is 3.16. The molecule has 0 radical (unpaired) electrons. The largest absolute Gasteiger partial charge is 0.243 e. The van der Waals surface area contributed by atoms with Crippen molar-refractivity contribution in [2.75, 3.05) is 32.4 Å². The Labute approximate surface area is 167 Å². The molecule has 0 amide bonds. The minimum atomic E-state index is -3.78. The molecule has 1 aromatic carbocycles. The van der Waals surface area contributed by atoms with Gasteiger partial charge in [-0.2, -0.15) is 8.61 Å². The Kier molecular flexibility index (Phi) is 7.27. The van der Waals surface area contributed by atoms with Gasteiger partial charge in [0, 0.05) is 32.2 Å². The van der Waals surface area contributed by atoms with Crippen LogP contribution in [0.1, 0.15) is 26.7 Å². The lowest BCUT2D eigenvalue weighted by molar-refractivity contribution is 0.309. The van der Waals surface area contributed by atoms with Crippen molar-refractivity contribution in [3.63, 3.8) is 0 Å². The Morgan fingerprint density at radius 1 is 0.929 bits per heavy atom. The highest BCUT2D eigenvalue weighted by molar-refractivity contribution is 7.89. The van der Waals surface area contributed by atoms with E-state index in [1.165, 1.54) is 32.9 Å². The van der Waals surface area contributed by atoms with Gasteiger partial charge in [-0.3, -0.25) is 0 Å². The van der Waals surface area contributed by atoms with Crippen molar-refractivity contribution in [2.24, 2.45) is 0 Å². The van der Waals surface area contributed by atoms with E-state index < -0.39 is 30.1 Å². The van der Waals surface area contributed by atoms with E-state index in [4.69, 9.17) is 0 Å². The summed E-state index contributed by atoms with van der Waals surface area (Å²) in [6.45, 7) is 4.51. The van der Waals surface area contributed by atoms with E-state index in [0.29, 0.717) is 25.9 Å². The minimum Gasteiger partial charge on any atom is -0.213 e. The van der Waals surface area contributed by atoms with E-state index in [1.54, 1.807) is 13.8 Å². The van der Waals surface area contributed by atoms with E-state index in [2.05, 4.69) is 4.72 Å². The first kappa shape index (κ1) is 23.2. The van der Waals surface area contributed by atoms with Gasteiger partial charge in [-0.1, -0.05) is 13.8 Å². The summed E-state index contributed by atoms with van der Waals surface area (Å²) in [5.74, 6) is 0. The second kappa shape index (κ2) is 8.76. The van der Waals surface area contributed by atoms with Gasteiger partial charge in [0.15, 0.2) is 0 Å². The molecule has 0 aliphatic carbocycles. The van der Waals surface area contributed by atoms with Crippen molar-refractivity contribution in [3.8, 4) is 0 Å². The standard InChI is InChI=1S/C16H27N3O6S3/c1-4-18(5-2)27(22,23)15-6-8-16(9-7-15)28(24,25)19-12-10-14(11-13-19)17-26(3,20)21/h6-9,14,17H,4-5,10-13H2,1-3H3. The Hall–Kier alpha value is -1.05. The molecule has 1 heterocycles. The first-order valence-corrected chi connectivity index (χ1v) is 13.8. The molecule has 1 aliphatic rings. The van der Waals surface area contributed by atoms with E-state index >= 15 is 0 Å². The van der Waals surface area contributed by atoms with Crippen molar-refractivity contribution in [1.82, 2.24) is 13.3 Å². The summed E-state index contributed by atoms with van der Waals surface area (Å²) in [5.41, 5.74) is 0. The third-order valence-electron chi connectivity index (χ3n) is 4.64. The van der Waals surface area contributed by atoms with E-state index in [1.807, 2.05) is 0 Å². The van der Waals surface area contributed by atoms with Gasteiger partial charge in [0.25, 0.3) is 0 Å². The van der Waals surface area contributed by atoms with Gasteiger partial charge in [0.2, 0.25) is 30.1 Å². The average Bonchev–Trinajstić information content (AvgIpc) is 2.61. The van der Waals surface area contributed by atoms with E-state index in [-0.39, 0.29) is 28.9 Å². The average molecular weight is 454 g/mol. The third-order valence-corrected chi connectivity index (χ3v) is 9.38. The topological polar surface area (TPSA) is 121 Å². The smallest absolute Gasteiger partial charge is 0.213 e. The van der Waals surface area contributed by atoms with Gasteiger partial charge in [0.1, 0.15) is 0 Å². The van der Waals surface area contributed by atoms with Crippen LogP contribution in [0, 0.1) is 0 Å². The molecule has 0 aromatic heterocycles. The molecule has 0 spiro atoms. The summed E-state index contributed by atoms with van der Waals surface area (Å²) in [4.78, 5) is 0.0618. The van der Waals surface area contributed by atoms with Crippen LogP contribution in [-0.4, -0.2) is 72.3 Å². The van der Waals surface area contributed by atoms with Crippen molar-refractivity contribution >= 4 is 30.1 Å². The van der Waals surface area contributed by atoms with Crippen molar-refractivity contribution in [3.05, 3.63) is 24.3 Å². The van der Waals surface area contributed by atoms with Crippen LogP contribution < -0.4 is 4.72 Å². The van der Waals surface area contributed by atoms with Crippen LogP contribution in [0.3, 0.4) is 0 Å². The fourth-order valence-corrected chi connectivity index (χ4v) is 6.93. The molecule has 1 saturated heterocycles. The molecular weight excluding hydrogens is 426 g/mol. The van der Waals surface area contributed by atoms with Crippen LogP contribution >= 0.6 is 0 Å². The second-order valence-electron chi connectivity index (χ2n) is 6.63. The molecule has 160 valence electrons. The zero-order valence-corrected chi connectivity index (χ0v) is 18.6. The van der Waals surface area contributed by atoms with Crippen LogP contribution in [0.2, 0.25) is 0 Å². The van der Waals surface area contributed by atoms with Crippen molar-refractivity contribution in [2.45, 2.75) is 42.5 Å². The first-order chi connectivity index (χ1) is 12.9. The van der Waals surface area contributed by atoms with E-state index in [9.17, 15) is 25.3 Å². The van der Waals surface area contributed by atoms with Gasteiger partial charge >= 0.3 is 0 Å². The summed E-state index contributed by atoms with van der Waals surface area (Å²) >= 11 is 0. The molecule has 0 unspecified atom stereocenters. The third kappa shape index (κ3) is 5.30. The molecule has 0 saturated carbocycles. The lowest BCUT2D eigenvalue weighted by atomic mass is 10.1. The lowest BCUT2D eigenvalue weighted by Gasteiger charge is -2.31. The van der Waals surface area contributed by atoms with Gasteiger partial charge in [-0.25, -0.2) is 30.0 Å². The Morgan fingerprint density at radius 3 is 1.82 bits per heavy atom. The first-order valence-electron chi connectivity index (χ1n) is 8.99. The maximum atomic E-state index is 12.8. The summed E-state index contributed by atoms with van der Waals surface area (Å²) < 4.78 is 78.4. The summed E-state index contributed by atoms with van der Waals surface area (Å²) in [6.07, 6.45) is 1.82. The van der Waals surface area contributed by atoms with Crippen molar-refractivity contribution < 1.29 is 25.3 Å².